The Morgan fingerprint density at radius 3 is 1.42 bits per heavy atom. The van der Waals surface area contributed by atoms with E-state index in [1.165, 1.54) is 64.7 Å². The summed E-state index contributed by atoms with van der Waals surface area (Å²) in [4.78, 5) is 19.2. The van der Waals surface area contributed by atoms with Crippen molar-refractivity contribution >= 4 is 27.6 Å². The van der Waals surface area contributed by atoms with Crippen molar-refractivity contribution in [1.29, 1.82) is 0 Å². The fraction of sp³-hybridized carbons (Fsp3) is 0.452. The molecule has 2 aliphatic rings. The average molecular weight is 483 g/mol. The van der Waals surface area contributed by atoms with Gasteiger partial charge < -0.3 is 18.9 Å². The predicted molar refractivity (Wildman–Crippen MR) is 148 cm³/mol. The summed E-state index contributed by atoms with van der Waals surface area (Å²) in [5.74, 6) is 0.135. The molecule has 6 rings (SSSR count). The fourth-order valence-electron chi connectivity index (χ4n) is 6.23. The van der Waals surface area contributed by atoms with Crippen LogP contribution in [0.25, 0.3) is 21.8 Å². The molecule has 0 atom stereocenters. The van der Waals surface area contributed by atoms with E-state index in [1.807, 2.05) is 0 Å². The van der Waals surface area contributed by atoms with E-state index in [0.717, 1.165) is 59.1 Å². The van der Waals surface area contributed by atoms with Crippen molar-refractivity contribution in [2.75, 3.05) is 39.3 Å². The Morgan fingerprint density at radius 1 is 0.556 bits per heavy atom. The molecule has 2 fully saturated rings. The number of nitrogens with zero attached hydrogens (tertiary/aromatic N) is 4. The smallest absolute Gasteiger partial charge is 0.197 e. The molecule has 0 amide bonds. The molecule has 0 aliphatic carbocycles. The van der Waals surface area contributed by atoms with Crippen LogP contribution in [0.15, 0.2) is 60.9 Å². The summed E-state index contributed by atoms with van der Waals surface area (Å²) in [6.45, 7) is 8.72. The zero-order valence-corrected chi connectivity index (χ0v) is 21.4. The topological polar surface area (TPSA) is 33.4 Å². The number of ketones is 1. The second-order valence-corrected chi connectivity index (χ2v) is 10.6. The number of carbonyl (C=O) groups excluding carboxylic acids is 1. The highest BCUT2D eigenvalue weighted by Gasteiger charge is 2.22. The molecule has 188 valence electrons. The van der Waals surface area contributed by atoms with E-state index in [1.54, 1.807) is 0 Å². The number of piperidine rings is 2. The Morgan fingerprint density at radius 2 is 0.972 bits per heavy atom. The highest BCUT2D eigenvalue weighted by molar-refractivity contribution is 6.21. The van der Waals surface area contributed by atoms with Gasteiger partial charge in [0, 0.05) is 71.5 Å². The van der Waals surface area contributed by atoms with Crippen molar-refractivity contribution in [3.63, 3.8) is 0 Å². The van der Waals surface area contributed by atoms with Crippen LogP contribution in [0.4, 0.5) is 0 Å². The number of benzene rings is 2. The maximum atomic E-state index is 14.1. The number of rotatable bonds is 8. The van der Waals surface area contributed by atoms with Crippen LogP contribution in [0, 0.1) is 0 Å². The molecule has 0 spiro atoms. The molecule has 0 unspecified atom stereocenters. The van der Waals surface area contributed by atoms with Gasteiger partial charge in [0.05, 0.1) is 0 Å². The molecule has 5 heteroatoms. The van der Waals surface area contributed by atoms with Gasteiger partial charge in [-0.3, -0.25) is 4.79 Å². The van der Waals surface area contributed by atoms with Crippen LogP contribution < -0.4 is 0 Å². The van der Waals surface area contributed by atoms with Crippen molar-refractivity contribution in [3.05, 3.63) is 72.1 Å². The van der Waals surface area contributed by atoms with Gasteiger partial charge in [-0.05, 0) is 64.0 Å². The van der Waals surface area contributed by atoms with Crippen LogP contribution in [0.2, 0.25) is 0 Å². The molecule has 2 aromatic heterocycles. The average Bonchev–Trinajstić information content (AvgIpc) is 3.50. The first-order valence-corrected chi connectivity index (χ1v) is 13.9. The lowest BCUT2D eigenvalue weighted by molar-refractivity contribution is 0.104. The number of aromatic nitrogens is 2. The van der Waals surface area contributed by atoms with Gasteiger partial charge in [0.2, 0.25) is 0 Å². The van der Waals surface area contributed by atoms with Gasteiger partial charge in [-0.15, -0.1) is 0 Å². The fourth-order valence-corrected chi connectivity index (χ4v) is 6.23. The summed E-state index contributed by atoms with van der Waals surface area (Å²) in [6.07, 6.45) is 12.1. The summed E-state index contributed by atoms with van der Waals surface area (Å²) in [6, 6.07) is 16.8. The second kappa shape index (κ2) is 10.6. The van der Waals surface area contributed by atoms with E-state index in [2.05, 4.69) is 79.9 Å². The van der Waals surface area contributed by atoms with E-state index in [0.29, 0.717) is 0 Å². The van der Waals surface area contributed by atoms with Crippen LogP contribution in [0.3, 0.4) is 0 Å². The maximum Gasteiger partial charge on any atom is 0.197 e. The largest absolute Gasteiger partial charge is 0.345 e. The molecule has 0 bridgehead atoms. The van der Waals surface area contributed by atoms with E-state index in [4.69, 9.17) is 0 Å². The van der Waals surface area contributed by atoms with Crippen LogP contribution >= 0.6 is 0 Å². The van der Waals surface area contributed by atoms with E-state index >= 15 is 0 Å². The number of fused-ring (bicyclic) bond motifs is 2. The molecule has 0 radical (unpaired) electrons. The Bertz CT molecular complexity index is 1240. The molecule has 5 nitrogen and oxygen atoms in total. The molecule has 4 aromatic rings. The lowest BCUT2D eigenvalue weighted by Crippen LogP contribution is -2.32. The summed E-state index contributed by atoms with van der Waals surface area (Å²) in [5.41, 5.74) is 3.96. The molecule has 4 heterocycles. The second-order valence-electron chi connectivity index (χ2n) is 10.6. The molecular formula is C31H38N4O. The monoisotopic (exact) mass is 482 g/mol. The summed E-state index contributed by atoms with van der Waals surface area (Å²) in [5, 5.41) is 2.12. The van der Waals surface area contributed by atoms with Crippen LogP contribution in [0.5, 0.6) is 0 Å². The Balaban J connectivity index is 1.29. The zero-order valence-electron chi connectivity index (χ0n) is 21.4. The SMILES string of the molecule is O=C(c1cn(CCN2CCCCC2)c2ccccc12)c1cn(CCN2CCCCC2)c2ccccc12. The van der Waals surface area contributed by atoms with Crippen LogP contribution in [-0.4, -0.2) is 64.0 Å². The van der Waals surface area contributed by atoms with Crippen LogP contribution in [0.1, 0.15) is 54.4 Å². The molecular weight excluding hydrogens is 444 g/mol. The number of hydrogen-bond acceptors (Lipinski definition) is 3. The number of para-hydroxylation sites is 2. The molecule has 2 aromatic carbocycles. The van der Waals surface area contributed by atoms with Gasteiger partial charge in [-0.25, -0.2) is 0 Å². The predicted octanol–water partition coefficient (Wildman–Crippen LogP) is 5.80. The zero-order chi connectivity index (χ0) is 24.3. The Kier molecular flexibility index (Phi) is 6.93. The first-order chi connectivity index (χ1) is 17.8. The lowest BCUT2D eigenvalue weighted by atomic mass is 10.0. The minimum absolute atomic E-state index is 0.135. The minimum atomic E-state index is 0.135. The number of likely N-dealkylation sites (tertiary alicyclic amines) is 2. The summed E-state index contributed by atoms with van der Waals surface area (Å²) < 4.78 is 4.60. The van der Waals surface area contributed by atoms with Crippen molar-refractivity contribution in [2.45, 2.75) is 51.6 Å². The third-order valence-electron chi connectivity index (χ3n) is 8.28. The van der Waals surface area contributed by atoms with Crippen molar-refractivity contribution in [1.82, 2.24) is 18.9 Å². The van der Waals surface area contributed by atoms with Gasteiger partial charge in [0.15, 0.2) is 5.78 Å². The summed E-state index contributed by atoms with van der Waals surface area (Å²) in [7, 11) is 0. The van der Waals surface area contributed by atoms with Crippen molar-refractivity contribution in [3.8, 4) is 0 Å². The minimum Gasteiger partial charge on any atom is -0.345 e. The molecule has 36 heavy (non-hydrogen) atoms. The molecule has 2 aliphatic heterocycles. The molecule has 2 saturated heterocycles. The third-order valence-corrected chi connectivity index (χ3v) is 8.28. The maximum absolute atomic E-state index is 14.1. The Hall–Kier alpha value is -2.89. The van der Waals surface area contributed by atoms with Gasteiger partial charge in [0.25, 0.3) is 0 Å². The van der Waals surface area contributed by atoms with Gasteiger partial charge >= 0.3 is 0 Å². The highest BCUT2D eigenvalue weighted by atomic mass is 16.1. The third kappa shape index (κ3) is 4.74. The first kappa shape index (κ1) is 23.5. The van der Waals surface area contributed by atoms with E-state index in [9.17, 15) is 4.79 Å². The summed E-state index contributed by atoms with van der Waals surface area (Å²) >= 11 is 0. The van der Waals surface area contributed by atoms with Crippen LogP contribution in [-0.2, 0) is 13.1 Å². The standard InChI is InChI=1S/C31H38N4O/c36-31(27-23-34(29-13-5-3-11-25(27)29)21-19-32-15-7-1-8-16-32)28-24-35(30-14-6-4-12-26(28)30)22-20-33-17-9-2-10-18-33/h3-6,11-14,23-24H,1-2,7-10,15-22H2. The van der Waals surface area contributed by atoms with Gasteiger partial charge in [-0.1, -0.05) is 49.2 Å². The van der Waals surface area contributed by atoms with E-state index < -0.39 is 0 Å². The van der Waals surface area contributed by atoms with Gasteiger partial charge in [-0.2, -0.15) is 0 Å². The van der Waals surface area contributed by atoms with Crippen molar-refractivity contribution in [2.24, 2.45) is 0 Å². The quantitative estimate of drug-likeness (QED) is 0.298. The molecule has 0 N–H and O–H groups in total. The molecule has 0 saturated carbocycles. The van der Waals surface area contributed by atoms with Crippen molar-refractivity contribution < 1.29 is 4.79 Å². The normalized spacial score (nSPS) is 17.8. The number of hydrogen-bond donors (Lipinski definition) is 0. The number of carbonyl (C=O) groups is 1. The van der Waals surface area contributed by atoms with Gasteiger partial charge in [0.1, 0.15) is 0 Å². The lowest BCUT2D eigenvalue weighted by Gasteiger charge is -2.26. The Labute approximate surface area is 214 Å². The highest BCUT2D eigenvalue weighted by Crippen LogP contribution is 2.29. The van der Waals surface area contributed by atoms with E-state index in [-0.39, 0.29) is 5.78 Å². The first-order valence-electron chi connectivity index (χ1n) is 13.9.